The molecule has 0 spiro atoms. The second-order valence-electron chi connectivity index (χ2n) is 8.89. The van der Waals surface area contributed by atoms with Crippen molar-refractivity contribution in [1.82, 2.24) is 19.7 Å². The molecule has 1 N–H and O–H groups in total. The number of nitrogens with one attached hydrogen (secondary N) is 1. The molecular formula is C33H24N4O. The first-order valence-corrected chi connectivity index (χ1v) is 12.3. The van der Waals surface area contributed by atoms with E-state index in [0.717, 1.165) is 55.2 Å². The highest BCUT2D eigenvalue weighted by Gasteiger charge is 2.13. The summed E-state index contributed by atoms with van der Waals surface area (Å²) in [6.07, 6.45) is 23.2. The maximum absolute atomic E-state index is 6.30. The van der Waals surface area contributed by atoms with Crippen molar-refractivity contribution in [3.05, 3.63) is 132 Å². The van der Waals surface area contributed by atoms with Gasteiger partial charge >= 0.3 is 0 Å². The second kappa shape index (κ2) is 10.3. The lowest BCUT2D eigenvalue weighted by atomic mass is 10.0. The average molecular weight is 493 g/mol. The van der Waals surface area contributed by atoms with Gasteiger partial charge in [-0.3, -0.25) is 9.97 Å². The molecule has 0 saturated heterocycles. The Morgan fingerprint density at radius 3 is 2.53 bits per heavy atom. The fourth-order valence-corrected chi connectivity index (χ4v) is 4.52. The third kappa shape index (κ3) is 4.71. The predicted octanol–water partition coefficient (Wildman–Crippen LogP) is 6.89. The summed E-state index contributed by atoms with van der Waals surface area (Å²) in [6.45, 7) is 0.405. The second-order valence-corrected chi connectivity index (χ2v) is 8.89. The molecule has 0 aliphatic carbocycles. The number of pyridine rings is 2. The van der Waals surface area contributed by atoms with Gasteiger partial charge in [0.25, 0.3) is 0 Å². The first-order chi connectivity index (χ1) is 18.8. The van der Waals surface area contributed by atoms with E-state index >= 15 is 0 Å². The van der Waals surface area contributed by atoms with Gasteiger partial charge in [0.2, 0.25) is 0 Å². The molecule has 6 rings (SSSR count). The number of hydrogen-bond donors (Lipinski definition) is 1. The van der Waals surface area contributed by atoms with Crippen LogP contribution < -0.4 is 4.84 Å². The molecule has 2 aromatic carbocycles. The molecule has 0 amide bonds. The van der Waals surface area contributed by atoms with Gasteiger partial charge in [-0.05, 0) is 58.7 Å². The molecule has 4 aromatic heterocycles. The number of aromatic nitrogens is 4. The van der Waals surface area contributed by atoms with Crippen LogP contribution in [0.1, 0.15) is 27.8 Å². The maximum atomic E-state index is 6.30. The van der Waals surface area contributed by atoms with Gasteiger partial charge in [-0.2, -0.15) is 4.73 Å². The monoisotopic (exact) mass is 492 g/mol. The zero-order valence-corrected chi connectivity index (χ0v) is 20.6. The lowest BCUT2D eigenvalue weighted by Crippen LogP contribution is -2.09. The highest BCUT2D eigenvalue weighted by atomic mass is 16.7. The van der Waals surface area contributed by atoms with Gasteiger partial charge in [0.15, 0.2) is 0 Å². The molecule has 0 bridgehead atoms. The quantitative estimate of drug-likeness (QED) is 0.247. The number of rotatable bonds is 7. The van der Waals surface area contributed by atoms with Gasteiger partial charge in [-0.25, -0.2) is 0 Å². The zero-order valence-electron chi connectivity index (χ0n) is 20.6. The molecule has 0 radical (unpaired) electrons. The molecule has 4 heterocycles. The van der Waals surface area contributed by atoms with E-state index in [0.29, 0.717) is 6.61 Å². The smallest absolute Gasteiger partial charge is 0.140 e. The Morgan fingerprint density at radius 1 is 0.921 bits per heavy atom. The number of benzene rings is 2. The molecule has 5 heteroatoms. The van der Waals surface area contributed by atoms with Gasteiger partial charge in [0.05, 0.1) is 11.7 Å². The Bertz CT molecular complexity index is 1820. The topological polar surface area (TPSA) is 55.7 Å². The number of H-pyrrole nitrogens is 1. The van der Waals surface area contributed by atoms with E-state index in [-0.39, 0.29) is 0 Å². The van der Waals surface area contributed by atoms with Crippen molar-refractivity contribution < 1.29 is 4.84 Å². The summed E-state index contributed by atoms with van der Waals surface area (Å²) in [4.78, 5) is 18.0. The lowest BCUT2D eigenvalue weighted by Gasteiger charge is -2.08. The maximum Gasteiger partial charge on any atom is 0.140 e. The molecular weight excluding hydrogens is 468 g/mol. The highest BCUT2D eigenvalue weighted by molar-refractivity contribution is 6.02. The van der Waals surface area contributed by atoms with Crippen LogP contribution in [-0.2, 0) is 6.61 Å². The van der Waals surface area contributed by atoms with Crippen LogP contribution in [0.2, 0.25) is 0 Å². The van der Waals surface area contributed by atoms with Crippen molar-refractivity contribution in [2.24, 2.45) is 0 Å². The standard InChI is InChI=1S/C33H24N4O/c1-2-27(17-25-8-6-16-35-20-25)31-22-37(33-10-4-3-9-29(31)33)38-23-26-12-14-32-30(18-26)28(21-36-32)13-11-24-7-5-15-34-19-24/h1,3-22,36H,23H2/b13-11+,27-17+. The summed E-state index contributed by atoms with van der Waals surface area (Å²) in [5, 5.41) is 2.17. The minimum absolute atomic E-state index is 0.405. The zero-order chi connectivity index (χ0) is 25.7. The van der Waals surface area contributed by atoms with E-state index in [1.807, 2.05) is 71.9 Å². The van der Waals surface area contributed by atoms with Crippen LogP contribution >= 0.6 is 0 Å². The van der Waals surface area contributed by atoms with E-state index in [4.69, 9.17) is 11.3 Å². The van der Waals surface area contributed by atoms with Crippen molar-refractivity contribution in [1.29, 1.82) is 0 Å². The summed E-state index contributed by atoms with van der Waals surface area (Å²) in [5.41, 5.74) is 7.93. The largest absolute Gasteiger partial charge is 0.409 e. The van der Waals surface area contributed by atoms with E-state index in [1.165, 1.54) is 0 Å². The first kappa shape index (κ1) is 23.1. The summed E-state index contributed by atoms with van der Waals surface area (Å²) in [5.74, 6) is 2.84. The Hall–Kier alpha value is -5.34. The SMILES string of the molecule is C#C/C(=C\c1cccnc1)c1cn(OCc2ccc3[nH]cc(/C=C/c4cccnc4)c3c2)c2ccccc12. The normalized spacial score (nSPS) is 11.8. The summed E-state index contributed by atoms with van der Waals surface area (Å²) in [7, 11) is 0. The van der Waals surface area contributed by atoms with Crippen LogP contribution in [0.4, 0.5) is 0 Å². The van der Waals surface area contributed by atoms with E-state index in [9.17, 15) is 0 Å². The third-order valence-electron chi connectivity index (χ3n) is 6.41. The van der Waals surface area contributed by atoms with Crippen LogP contribution in [0.5, 0.6) is 0 Å². The summed E-state index contributed by atoms with van der Waals surface area (Å²) in [6, 6.07) is 22.3. The molecule has 0 atom stereocenters. The van der Waals surface area contributed by atoms with Crippen molar-refractivity contribution >= 4 is 45.6 Å². The molecule has 5 nitrogen and oxygen atoms in total. The van der Waals surface area contributed by atoms with Crippen LogP contribution in [0.25, 0.3) is 45.6 Å². The number of allylic oxidation sites excluding steroid dienone is 1. The van der Waals surface area contributed by atoms with Crippen LogP contribution in [0.3, 0.4) is 0 Å². The molecule has 38 heavy (non-hydrogen) atoms. The number of aromatic amines is 1. The van der Waals surface area contributed by atoms with Gasteiger partial charge < -0.3 is 9.82 Å². The Kier molecular flexibility index (Phi) is 6.28. The molecule has 0 fully saturated rings. The molecule has 0 unspecified atom stereocenters. The van der Waals surface area contributed by atoms with Crippen LogP contribution in [0, 0.1) is 12.3 Å². The van der Waals surface area contributed by atoms with Crippen molar-refractivity contribution in [2.75, 3.05) is 0 Å². The summed E-state index contributed by atoms with van der Waals surface area (Å²) < 4.78 is 1.81. The first-order valence-electron chi connectivity index (χ1n) is 12.3. The van der Waals surface area contributed by atoms with E-state index in [1.54, 1.807) is 18.6 Å². The number of hydrogen-bond acceptors (Lipinski definition) is 3. The molecule has 0 aliphatic heterocycles. The lowest BCUT2D eigenvalue weighted by molar-refractivity contribution is 0.107. The fourth-order valence-electron chi connectivity index (χ4n) is 4.52. The Labute approximate surface area is 220 Å². The van der Waals surface area contributed by atoms with Gasteiger partial charge in [-0.1, -0.05) is 54.5 Å². The Morgan fingerprint density at radius 2 is 1.74 bits per heavy atom. The third-order valence-corrected chi connectivity index (χ3v) is 6.41. The molecule has 0 saturated carbocycles. The minimum atomic E-state index is 0.405. The van der Waals surface area contributed by atoms with Gasteiger partial charge in [0, 0.05) is 58.4 Å². The van der Waals surface area contributed by atoms with Crippen molar-refractivity contribution in [3.63, 3.8) is 0 Å². The number of nitrogens with zero attached hydrogens (tertiary/aromatic N) is 3. The van der Waals surface area contributed by atoms with Gasteiger partial charge in [0.1, 0.15) is 6.61 Å². The number of terminal acetylenes is 1. The molecule has 0 aliphatic rings. The number of fused-ring (bicyclic) bond motifs is 2. The van der Waals surface area contributed by atoms with Gasteiger partial charge in [-0.15, -0.1) is 6.42 Å². The van der Waals surface area contributed by atoms with Crippen molar-refractivity contribution in [3.8, 4) is 12.3 Å². The fraction of sp³-hybridized carbons (Fsp3) is 0.0303. The average Bonchev–Trinajstić information content (AvgIpc) is 3.56. The Balaban J connectivity index is 1.28. The number of para-hydroxylation sites is 1. The van der Waals surface area contributed by atoms with E-state index < -0.39 is 0 Å². The van der Waals surface area contributed by atoms with Crippen LogP contribution in [-0.4, -0.2) is 19.7 Å². The van der Waals surface area contributed by atoms with Crippen molar-refractivity contribution in [2.45, 2.75) is 6.61 Å². The molecule has 182 valence electrons. The highest BCUT2D eigenvalue weighted by Crippen LogP contribution is 2.28. The molecule has 6 aromatic rings. The predicted molar refractivity (Wildman–Crippen MR) is 155 cm³/mol. The van der Waals surface area contributed by atoms with E-state index in [2.05, 4.69) is 57.3 Å². The summed E-state index contributed by atoms with van der Waals surface area (Å²) >= 11 is 0. The van der Waals surface area contributed by atoms with Crippen LogP contribution in [0.15, 0.2) is 104 Å². The minimum Gasteiger partial charge on any atom is -0.409 e.